The lowest BCUT2D eigenvalue weighted by Crippen LogP contribution is -2.22. The van der Waals surface area contributed by atoms with Crippen LogP contribution < -0.4 is 5.32 Å². The second kappa shape index (κ2) is 5.56. The van der Waals surface area contributed by atoms with Gasteiger partial charge in [-0.05, 0) is 30.7 Å². The van der Waals surface area contributed by atoms with Gasteiger partial charge in [-0.2, -0.15) is 0 Å². The molecule has 0 amide bonds. The molecule has 0 spiro atoms. The molecular weight excluding hydrogens is 221 g/mol. The van der Waals surface area contributed by atoms with Crippen LogP contribution in [0.4, 0.5) is 0 Å². The summed E-state index contributed by atoms with van der Waals surface area (Å²) in [5.41, 5.74) is 0.951. The van der Waals surface area contributed by atoms with Crippen molar-refractivity contribution in [2.24, 2.45) is 0 Å². The van der Waals surface area contributed by atoms with E-state index in [-0.39, 0.29) is 12.6 Å². The Hall–Kier alpha value is -0.280. The zero-order chi connectivity index (χ0) is 10.6. The molecule has 0 aliphatic heterocycles. The Kier molecular flexibility index (Phi) is 4.69. The van der Waals surface area contributed by atoms with E-state index in [4.69, 9.17) is 28.3 Å². The van der Waals surface area contributed by atoms with Crippen LogP contribution in [0, 0.1) is 0 Å². The lowest BCUT2D eigenvalue weighted by Gasteiger charge is -2.15. The van der Waals surface area contributed by atoms with Gasteiger partial charge in [0.25, 0.3) is 0 Å². The third-order valence-corrected chi connectivity index (χ3v) is 2.57. The van der Waals surface area contributed by atoms with E-state index in [0.717, 1.165) is 5.56 Å². The van der Waals surface area contributed by atoms with E-state index in [1.807, 2.05) is 13.0 Å². The normalized spacial score (nSPS) is 12.9. The van der Waals surface area contributed by atoms with Crippen LogP contribution in [0.1, 0.15) is 18.5 Å². The molecule has 14 heavy (non-hydrogen) atoms. The van der Waals surface area contributed by atoms with Crippen molar-refractivity contribution in [2.75, 3.05) is 13.2 Å². The van der Waals surface area contributed by atoms with E-state index >= 15 is 0 Å². The van der Waals surface area contributed by atoms with Gasteiger partial charge >= 0.3 is 0 Å². The lowest BCUT2D eigenvalue weighted by atomic mass is 10.1. The summed E-state index contributed by atoms with van der Waals surface area (Å²) in [7, 11) is 0. The second-order valence-corrected chi connectivity index (χ2v) is 3.91. The molecule has 0 saturated carbocycles. The molecule has 1 aromatic rings. The molecule has 2 N–H and O–H groups in total. The van der Waals surface area contributed by atoms with Crippen molar-refractivity contribution in [1.29, 1.82) is 0 Å². The van der Waals surface area contributed by atoms with Crippen molar-refractivity contribution in [1.82, 2.24) is 5.32 Å². The number of halogens is 2. The highest BCUT2D eigenvalue weighted by molar-refractivity contribution is 6.33. The van der Waals surface area contributed by atoms with Crippen molar-refractivity contribution in [3.63, 3.8) is 0 Å². The van der Waals surface area contributed by atoms with Crippen molar-refractivity contribution < 1.29 is 5.11 Å². The molecule has 1 rings (SSSR count). The molecule has 0 fully saturated rings. The Balaban J connectivity index is 2.77. The largest absolute Gasteiger partial charge is 0.395 e. The molecule has 1 aromatic carbocycles. The summed E-state index contributed by atoms with van der Waals surface area (Å²) >= 11 is 11.9. The fraction of sp³-hybridized carbons (Fsp3) is 0.400. The summed E-state index contributed by atoms with van der Waals surface area (Å²) in [6, 6.07) is 5.45. The quantitative estimate of drug-likeness (QED) is 0.839. The minimum Gasteiger partial charge on any atom is -0.395 e. The average Bonchev–Trinajstić information content (AvgIpc) is 2.18. The van der Waals surface area contributed by atoms with Gasteiger partial charge in [0.2, 0.25) is 0 Å². The van der Waals surface area contributed by atoms with Gasteiger partial charge in [0.05, 0.1) is 6.61 Å². The number of nitrogens with one attached hydrogen (secondary N) is 1. The number of aliphatic hydroxyl groups excluding tert-OH is 1. The topological polar surface area (TPSA) is 32.3 Å². The molecular formula is C10H13Cl2NO. The van der Waals surface area contributed by atoms with Gasteiger partial charge < -0.3 is 10.4 Å². The van der Waals surface area contributed by atoms with Crippen LogP contribution in [0.25, 0.3) is 0 Å². The molecule has 0 heterocycles. The molecule has 0 radical (unpaired) electrons. The summed E-state index contributed by atoms with van der Waals surface area (Å²) in [6.07, 6.45) is 0. The van der Waals surface area contributed by atoms with Gasteiger partial charge in [-0.25, -0.2) is 0 Å². The van der Waals surface area contributed by atoms with E-state index in [2.05, 4.69) is 5.32 Å². The van der Waals surface area contributed by atoms with Gasteiger partial charge in [-0.15, -0.1) is 0 Å². The predicted octanol–water partition coefficient (Wildman–Crippen LogP) is 2.64. The highest BCUT2D eigenvalue weighted by Crippen LogP contribution is 2.25. The van der Waals surface area contributed by atoms with Gasteiger partial charge in [-0.1, -0.05) is 23.2 Å². The first kappa shape index (κ1) is 11.8. The molecule has 0 aliphatic rings. The van der Waals surface area contributed by atoms with Crippen LogP contribution in [0.2, 0.25) is 10.0 Å². The standard InChI is InChI=1S/C10H13Cl2NO/c1-7(13-4-5-14)9-6-8(11)2-3-10(9)12/h2-3,6-7,13-14H,4-5H2,1H3. The van der Waals surface area contributed by atoms with Crippen LogP contribution >= 0.6 is 23.2 Å². The first-order chi connectivity index (χ1) is 6.65. The highest BCUT2D eigenvalue weighted by Gasteiger charge is 2.08. The maximum absolute atomic E-state index is 8.66. The number of rotatable bonds is 4. The Morgan fingerprint density at radius 1 is 1.43 bits per heavy atom. The minimum absolute atomic E-state index is 0.0911. The Morgan fingerprint density at radius 3 is 2.79 bits per heavy atom. The molecule has 0 aliphatic carbocycles. The number of aliphatic hydroxyl groups is 1. The summed E-state index contributed by atoms with van der Waals surface area (Å²) in [5, 5.41) is 13.1. The monoisotopic (exact) mass is 233 g/mol. The van der Waals surface area contributed by atoms with E-state index < -0.39 is 0 Å². The summed E-state index contributed by atoms with van der Waals surface area (Å²) in [6.45, 7) is 2.64. The van der Waals surface area contributed by atoms with Crippen LogP contribution in [0.5, 0.6) is 0 Å². The van der Waals surface area contributed by atoms with Gasteiger partial charge in [0.15, 0.2) is 0 Å². The van der Waals surface area contributed by atoms with Crippen LogP contribution in [0.3, 0.4) is 0 Å². The molecule has 78 valence electrons. The zero-order valence-electron chi connectivity index (χ0n) is 7.93. The molecule has 1 unspecified atom stereocenters. The van der Waals surface area contributed by atoms with E-state index in [1.54, 1.807) is 12.1 Å². The Bertz CT molecular complexity index is 304. The maximum atomic E-state index is 8.66. The van der Waals surface area contributed by atoms with E-state index in [1.165, 1.54) is 0 Å². The summed E-state index contributed by atoms with van der Waals surface area (Å²) < 4.78 is 0. The Morgan fingerprint density at radius 2 is 2.14 bits per heavy atom. The summed E-state index contributed by atoms with van der Waals surface area (Å²) in [4.78, 5) is 0. The van der Waals surface area contributed by atoms with Gasteiger partial charge in [0.1, 0.15) is 0 Å². The SMILES string of the molecule is CC(NCCO)c1cc(Cl)ccc1Cl. The van der Waals surface area contributed by atoms with Crippen LogP contribution in [-0.4, -0.2) is 18.3 Å². The third kappa shape index (κ3) is 3.14. The molecule has 2 nitrogen and oxygen atoms in total. The maximum Gasteiger partial charge on any atom is 0.0556 e. The van der Waals surface area contributed by atoms with Gasteiger partial charge in [0, 0.05) is 22.6 Å². The Labute approximate surface area is 93.8 Å². The van der Waals surface area contributed by atoms with Crippen molar-refractivity contribution in [3.05, 3.63) is 33.8 Å². The van der Waals surface area contributed by atoms with Gasteiger partial charge in [-0.3, -0.25) is 0 Å². The fourth-order valence-electron chi connectivity index (χ4n) is 1.24. The first-order valence-electron chi connectivity index (χ1n) is 4.44. The van der Waals surface area contributed by atoms with Crippen molar-refractivity contribution in [2.45, 2.75) is 13.0 Å². The fourth-order valence-corrected chi connectivity index (χ4v) is 1.70. The number of hydrogen-bond acceptors (Lipinski definition) is 2. The zero-order valence-corrected chi connectivity index (χ0v) is 9.44. The lowest BCUT2D eigenvalue weighted by molar-refractivity contribution is 0.286. The predicted molar refractivity (Wildman–Crippen MR) is 60.0 cm³/mol. The molecule has 4 heteroatoms. The second-order valence-electron chi connectivity index (χ2n) is 3.07. The van der Waals surface area contributed by atoms with Crippen molar-refractivity contribution >= 4 is 23.2 Å². The molecule has 0 bridgehead atoms. The number of hydrogen-bond donors (Lipinski definition) is 2. The smallest absolute Gasteiger partial charge is 0.0556 e. The van der Waals surface area contributed by atoms with E-state index in [9.17, 15) is 0 Å². The first-order valence-corrected chi connectivity index (χ1v) is 5.20. The van der Waals surface area contributed by atoms with E-state index in [0.29, 0.717) is 16.6 Å². The minimum atomic E-state index is 0.0911. The van der Waals surface area contributed by atoms with Crippen LogP contribution in [0.15, 0.2) is 18.2 Å². The van der Waals surface area contributed by atoms with Crippen molar-refractivity contribution in [3.8, 4) is 0 Å². The molecule has 1 atom stereocenters. The average molecular weight is 234 g/mol. The molecule has 0 saturated heterocycles. The molecule has 0 aromatic heterocycles. The van der Waals surface area contributed by atoms with Crippen LogP contribution in [-0.2, 0) is 0 Å². The summed E-state index contributed by atoms with van der Waals surface area (Å²) in [5.74, 6) is 0. The number of benzene rings is 1. The highest BCUT2D eigenvalue weighted by atomic mass is 35.5. The third-order valence-electron chi connectivity index (χ3n) is 1.99.